The van der Waals surface area contributed by atoms with E-state index in [9.17, 15) is 5.26 Å². The van der Waals surface area contributed by atoms with Crippen molar-refractivity contribution in [1.29, 1.82) is 5.26 Å². The summed E-state index contributed by atoms with van der Waals surface area (Å²) in [6, 6.07) is 13.4. The van der Waals surface area contributed by atoms with Gasteiger partial charge < -0.3 is 4.74 Å². The van der Waals surface area contributed by atoms with Crippen LogP contribution in [0.15, 0.2) is 30.3 Å². The third-order valence-electron chi connectivity index (χ3n) is 5.94. The molecule has 3 fully saturated rings. The summed E-state index contributed by atoms with van der Waals surface area (Å²) in [6.07, 6.45) is 1.74. The van der Waals surface area contributed by atoms with Crippen LogP contribution in [-0.2, 0) is 11.3 Å². The van der Waals surface area contributed by atoms with Crippen molar-refractivity contribution in [1.82, 2.24) is 9.80 Å². The molecule has 0 spiro atoms. The number of hydrogen-bond donors (Lipinski definition) is 0. The Hall–Kier alpha value is -1.41. The van der Waals surface area contributed by atoms with Gasteiger partial charge in [0, 0.05) is 58.8 Å². The van der Waals surface area contributed by atoms with Crippen LogP contribution in [-0.4, -0.2) is 54.7 Å². The molecule has 0 saturated carbocycles. The van der Waals surface area contributed by atoms with Crippen molar-refractivity contribution < 1.29 is 4.74 Å². The van der Waals surface area contributed by atoms with Crippen molar-refractivity contribution in [3.63, 3.8) is 0 Å². The molecule has 2 atom stereocenters. The minimum absolute atomic E-state index is 0.257. The number of hydrogen-bond acceptors (Lipinski definition) is 4. The van der Waals surface area contributed by atoms with Crippen LogP contribution >= 0.6 is 0 Å². The fraction of sp³-hybridized carbons (Fsp3) is 0.632. The summed E-state index contributed by atoms with van der Waals surface area (Å²) in [6.45, 7) is 7.05. The summed E-state index contributed by atoms with van der Waals surface area (Å²) < 4.78 is 5.48. The van der Waals surface area contributed by atoms with Crippen LogP contribution in [0.3, 0.4) is 0 Å². The van der Waals surface area contributed by atoms with Crippen LogP contribution in [0.4, 0.5) is 0 Å². The first-order chi connectivity index (χ1) is 11.3. The lowest BCUT2D eigenvalue weighted by molar-refractivity contribution is 0.00592. The van der Waals surface area contributed by atoms with E-state index in [0.29, 0.717) is 0 Å². The topological polar surface area (TPSA) is 39.5 Å². The Balaban J connectivity index is 1.37. The van der Waals surface area contributed by atoms with Gasteiger partial charge in [0.15, 0.2) is 0 Å². The van der Waals surface area contributed by atoms with Crippen molar-refractivity contribution in [2.24, 2.45) is 11.8 Å². The lowest BCUT2D eigenvalue weighted by Gasteiger charge is -2.39. The number of nitriles is 1. The van der Waals surface area contributed by atoms with Gasteiger partial charge in [-0.05, 0) is 17.4 Å². The molecule has 2 unspecified atom stereocenters. The van der Waals surface area contributed by atoms with Crippen LogP contribution < -0.4 is 0 Å². The number of nitrogens with zero attached hydrogens (tertiary/aromatic N) is 3. The highest BCUT2D eigenvalue weighted by atomic mass is 16.5. The van der Waals surface area contributed by atoms with Crippen LogP contribution in [0.1, 0.15) is 18.4 Å². The van der Waals surface area contributed by atoms with Gasteiger partial charge in [-0.15, -0.1) is 0 Å². The molecule has 3 saturated heterocycles. The molecule has 23 heavy (non-hydrogen) atoms. The highest BCUT2D eigenvalue weighted by Gasteiger charge is 2.48. The van der Waals surface area contributed by atoms with Gasteiger partial charge in [-0.25, -0.2) is 0 Å². The van der Waals surface area contributed by atoms with Gasteiger partial charge in [-0.1, -0.05) is 30.3 Å². The van der Waals surface area contributed by atoms with Crippen LogP contribution in [0.2, 0.25) is 0 Å². The molecule has 0 amide bonds. The smallest absolute Gasteiger partial charge is 0.113 e. The molecule has 0 aromatic heterocycles. The number of likely N-dealkylation sites (tertiary alicyclic amines) is 2. The van der Waals surface area contributed by atoms with Gasteiger partial charge in [-0.2, -0.15) is 5.26 Å². The van der Waals surface area contributed by atoms with Gasteiger partial charge >= 0.3 is 0 Å². The second kappa shape index (κ2) is 6.24. The number of benzene rings is 1. The van der Waals surface area contributed by atoms with E-state index in [1.165, 1.54) is 18.7 Å². The van der Waals surface area contributed by atoms with Crippen molar-refractivity contribution in [3.8, 4) is 6.07 Å². The van der Waals surface area contributed by atoms with E-state index in [2.05, 4.69) is 46.2 Å². The molecule has 4 heteroatoms. The second-order valence-corrected chi connectivity index (χ2v) is 7.36. The molecule has 3 aliphatic heterocycles. The molecule has 1 aromatic rings. The Bertz CT molecular complexity index is 562. The lowest BCUT2D eigenvalue weighted by atomic mass is 9.90. The number of rotatable bonds is 3. The van der Waals surface area contributed by atoms with E-state index in [4.69, 9.17) is 4.74 Å². The first-order valence-corrected chi connectivity index (χ1v) is 8.79. The Morgan fingerprint density at radius 2 is 1.70 bits per heavy atom. The van der Waals surface area contributed by atoms with Crippen molar-refractivity contribution in [2.75, 3.05) is 39.4 Å². The third-order valence-corrected chi connectivity index (χ3v) is 5.94. The molecular formula is C19H25N3O. The van der Waals surface area contributed by atoms with Crippen molar-refractivity contribution in [3.05, 3.63) is 35.9 Å². The molecule has 0 radical (unpaired) electrons. The zero-order valence-electron chi connectivity index (χ0n) is 13.7. The first-order valence-electron chi connectivity index (χ1n) is 8.79. The van der Waals surface area contributed by atoms with E-state index in [0.717, 1.165) is 57.5 Å². The van der Waals surface area contributed by atoms with Crippen molar-refractivity contribution >= 4 is 0 Å². The Kier molecular flexibility index (Phi) is 4.11. The number of fused-ring (bicyclic) bond motifs is 1. The van der Waals surface area contributed by atoms with E-state index >= 15 is 0 Å². The fourth-order valence-electron chi connectivity index (χ4n) is 4.62. The Morgan fingerprint density at radius 1 is 1.04 bits per heavy atom. The lowest BCUT2D eigenvalue weighted by Crippen LogP contribution is -2.51. The molecule has 4 nitrogen and oxygen atoms in total. The third kappa shape index (κ3) is 2.89. The SMILES string of the molecule is N#CC1(N2CC3CN(Cc4ccccc4)CC3C2)CCOCC1. The molecule has 122 valence electrons. The fourth-order valence-corrected chi connectivity index (χ4v) is 4.62. The van der Waals surface area contributed by atoms with Crippen LogP contribution in [0.5, 0.6) is 0 Å². The predicted molar refractivity (Wildman–Crippen MR) is 88.7 cm³/mol. The summed E-state index contributed by atoms with van der Waals surface area (Å²) in [5.74, 6) is 1.46. The maximum Gasteiger partial charge on any atom is 0.113 e. The maximum atomic E-state index is 9.75. The molecule has 0 N–H and O–H groups in total. The summed E-state index contributed by atoms with van der Waals surface area (Å²) in [5.41, 5.74) is 1.15. The highest BCUT2D eigenvalue weighted by Crippen LogP contribution is 2.38. The molecule has 0 bridgehead atoms. The summed E-state index contributed by atoms with van der Waals surface area (Å²) in [5, 5.41) is 9.75. The van der Waals surface area contributed by atoms with Gasteiger partial charge in [-0.3, -0.25) is 9.80 Å². The van der Waals surface area contributed by atoms with Gasteiger partial charge in [0.05, 0.1) is 6.07 Å². The normalized spacial score (nSPS) is 30.9. The van der Waals surface area contributed by atoms with Gasteiger partial charge in [0.1, 0.15) is 5.54 Å². The first kappa shape index (κ1) is 15.1. The van der Waals surface area contributed by atoms with E-state index in [1.807, 2.05) is 0 Å². The minimum Gasteiger partial charge on any atom is -0.381 e. The minimum atomic E-state index is -0.257. The van der Waals surface area contributed by atoms with E-state index in [-0.39, 0.29) is 5.54 Å². The average molecular weight is 311 g/mol. The van der Waals surface area contributed by atoms with Crippen LogP contribution in [0, 0.1) is 23.2 Å². The average Bonchev–Trinajstić information content (AvgIpc) is 3.15. The highest BCUT2D eigenvalue weighted by molar-refractivity contribution is 5.16. The number of ether oxygens (including phenoxy) is 1. The zero-order chi connectivity index (χ0) is 15.7. The summed E-state index contributed by atoms with van der Waals surface area (Å²) >= 11 is 0. The monoisotopic (exact) mass is 311 g/mol. The van der Waals surface area contributed by atoms with Crippen LogP contribution in [0.25, 0.3) is 0 Å². The predicted octanol–water partition coefficient (Wildman–Crippen LogP) is 2.12. The molecule has 1 aromatic carbocycles. The van der Waals surface area contributed by atoms with E-state index in [1.54, 1.807) is 0 Å². The quantitative estimate of drug-likeness (QED) is 0.857. The maximum absolute atomic E-state index is 9.75. The second-order valence-electron chi connectivity index (χ2n) is 7.36. The molecular weight excluding hydrogens is 286 g/mol. The molecule has 3 heterocycles. The van der Waals surface area contributed by atoms with Crippen molar-refractivity contribution in [2.45, 2.75) is 24.9 Å². The summed E-state index contributed by atoms with van der Waals surface area (Å²) in [4.78, 5) is 5.07. The molecule has 4 rings (SSSR count). The van der Waals surface area contributed by atoms with E-state index < -0.39 is 0 Å². The standard InChI is InChI=1S/C19H25N3O/c20-15-19(6-8-23-9-7-19)22-13-17-11-21(12-18(17)14-22)10-16-4-2-1-3-5-16/h1-5,17-18H,6-14H2. The molecule has 3 aliphatic rings. The van der Waals surface area contributed by atoms with Gasteiger partial charge in [0.25, 0.3) is 0 Å². The molecule has 0 aliphatic carbocycles. The largest absolute Gasteiger partial charge is 0.381 e. The van der Waals surface area contributed by atoms with Gasteiger partial charge in [0.2, 0.25) is 0 Å². The Morgan fingerprint density at radius 3 is 2.30 bits per heavy atom. The Labute approximate surface area is 138 Å². The summed E-state index contributed by atoms with van der Waals surface area (Å²) in [7, 11) is 0. The zero-order valence-corrected chi connectivity index (χ0v) is 13.7.